The number of ether oxygens (including phenoxy) is 3. The zero-order valence-corrected chi connectivity index (χ0v) is 14.8. The topological polar surface area (TPSA) is 47.9 Å². The molecule has 0 aromatic heterocycles. The van der Waals surface area contributed by atoms with Gasteiger partial charge < -0.3 is 19.3 Å². The minimum Gasteiger partial charge on any atom is -0.493 e. The Bertz CT molecular complexity index is 1130. The van der Waals surface area contributed by atoms with Gasteiger partial charge in [0, 0.05) is 0 Å². The van der Waals surface area contributed by atoms with Crippen molar-refractivity contribution >= 4 is 0 Å². The maximum atomic E-state index is 10.3. The van der Waals surface area contributed by atoms with Crippen LogP contribution in [0.25, 0.3) is 0 Å². The van der Waals surface area contributed by atoms with Gasteiger partial charge in [-0.25, -0.2) is 0 Å². The van der Waals surface area contributed by atoms with Gasteiger partial charge in [0.15, 0.2) is 11.5 Å². The van der Waals surface area contributed by atoms with E-state index < -0.39 is 49.8 Å². The minimum absolute atomic E-state index is 0.0196. The van der Waals surface area contributed by atoms with E-state index in [0.717, 1.165) is 0 Å². The van der Waals surface area contributed by atoms with Gasteiger partial charge in [-0.15, -0.1) is 0 Å². The molecule has 0 spiro atoms. The Balaban J connectivity index is 2.10. The van der Waals surface area contributed by atoms with Gasteiger partial charge in [-0.3, -0.25) is 0 Å². The number of rotatable bonds is 10. The second-order valence-corrected chi connectivity index (χ2v) is 5.88. The van der Waals surface area contributed by atoms with Gasteiger partial charge in [-0.2, -0.15) is 0 Å². The van der Waals surface area contributed by atoms with Gasteiger partial charge in [0.2, 0.25) is 0 Å². The predicted octanol–water partition coefficient (Wildman–Crippen LogP) is 4.47. The van der Waals surface area contributed by atoms with Gasteiger partial charge >= 0.3 is 0 Å². The number of benzene rings is 2. The van der Waals surface area contributed by atoms with Crippen LogP contribution in [0.4, 0.5) is 0 Å². The monoisotopic (exact) mass is 370 g/mol. The summed E-state index contributed by atoms with van der Waals surface area (Å²) in [7, 11) is -6.13. The van der Waals surface area contributed by atoms with E-state index in [9.17, 15) is 5.11 Å². The summed E-state index contributed by atoms with van der Waals surface area (Å²) in [6.45, 7) is 3.08. The SMILES string of the molecule is [2H]c1c([2H])c(OCC(O)CCCCc2c([2H])c([2H])c(OC([2H])([2H])[2H])c(OC([2H])([2H])[2H])c2[2H])c([2H])c(C)c1C. The summed E-state index contributed by atoms with van der Waals surface area (Å²) in [4.78, 5) is 0. The van der Waals surface area contributed by atoms with Crippen molar-refractivity contribution in [3.8, 4) is 17.2 Å². The molecular formula is C22H30O4. The third-order valence-corrected chi connectivity index (χ3v) is 3.86. The van der Waals surface area contributed by atoms with Crippen molar-refractivity contribution < 1.29 is 35.8 Å². The number of hydrogen-bond acceptors (Lipinski definition) is 4. The quantitative estimate of drug-likeness (QED) is 0.627. The first kappa shape index (κ1) is 9.14. The average Bonchev–Trinajstić information content (AvgIpc) is 2.80. The molecule has 4 nitrogen and oxygen atoms in total. The molecular weight excluding hydrogens is 328 g/mol. The summed E-state index contributed by atoms with van der Waals surface area (Å²) < 4.78 is 107. The Hall–Kier alpha value is -2.20. The highest BCUT2D eigenvalue weighted by atomic mass is 16.5. The Morgan fingerprint density at radius 3 is 2.62 bits per heavy atom. The van der Waals surface area contributed by atoms with Crippen molar-refractivity contribution in [1.82, 2.24) is 0 Å². The molecule has 0 heterocycles. The molecule has 4 heteroatoms. The second-order valence-electron chi connectivity index (χ2n) is 5.88. The highest BCUT2D eigenvalue weighted by Gasteiger charge is 2.07. The highest BCUT2D eigenvalue weighted by molar-refractivity contribution is 5.42. The number of aliphatic hydroxyl groups excluding tert-OH is 1. The third kappa shape index (κ3) is 5.95. The van der Waals surface area contributed by atoms with E-state index in [-0.39, 0.29) is 48.9 Å². The van der Waals surface area contributed by atoms with Crippen molar-refractivity contribution in [3.05, 3.63) is 52.9 Å². The van der Waals surface area contributed by atoms with Crippen LogP contribution in [-0.2, 0) is 6.42 Å². The van der Waals surface area contributed by atoms with Crippen molar-refractivity contribution in [3.63, 3.8) is 0 Å². The maximum absolute atomic E-state index is 10.3. The van der Waals surface area contributed by atoms with Crippen LogP contribution in [0.3, 0.4) is 0 Å². The molecule has 0 fully saturated rings. The van der Waals surface area contributed by atoms with Crippen molar-refractivity contribution in [2.24, 2.45) is 0 Å². The smallest absolute Gasteiger partial charge is 0.160 e. The summed E-state index contributed by atoms with van der Waals surface area (Å²) in [5.74, 6) is -1.67. The second kappa shape index (κ2) is 10.1. The molecule has 1 unspecified atom stereocenters. The van der Waals surface area contributed by atoms with Crippen molar-refractivity contribution in [2.75, 3.05) is 20.7 Å². The largest absolute Gasteiger partial charge is 0.493 e. The molecule has 2 rings (SSSR count). The molecule has 0 saturated carbocycles. The van der Waals surface area contributed by atoms with Crippen molar-refractivity contribution in [1.29, 1.82) is 0 Å². The third-order valence-electron chi connectivity index (χ3n) is 3.86. The first-order valence-corrected chi connectivity index (χ1v) is 8.24. The normalized spacial score (nSPS) is 19.5. The molecule has 0 aliphatic rings. The van der Waals surface area contributed by atoms with Crippen LogP contribution in [0, 0.1) is 13.8 Å². The van der Waals surface area contributed by atoms with Gasteiger partial charge in [-0.05, 0) is 74.0 Å². The lowest BCUT2D eigenvalue weighted by atomic mass is 10.0. The fourth-order valence-corrected chi connectivity index (χ4v) is 2.24. The van der Waals surface area contributed by atoms with E-state index in [2.05, 4.69) is 0 Å². The molecule has 1 N–H and O–H groups in total. The molecule has 2 aromatic rings. The van der Waals surface area contributed by atoms with E-state index in [1.807, 2.05) is 0 Å². The van der Waals surface area contributed by atoms with Crippen LogP contribution in [0.5, 0.6) is 17.2 Å². The number of aliphatic hydroxyl groups is 1. The Labute approximate surface area is 173 Å². The molecule has 0 aliphatic carbocycles. The van der Waals surface area contributed by atoms with Crippen LogP contribution in [0.1, 0.15) is 52.4 Å². The lowest BCUT2D eigenvalue weighted by Crippen LogP contribution is -2.17. The van der Waals surface area contributed by atoms with E-state index in [0.29, 0.717) is 24.0 Å². The van der Waals surface area contributed by atoms with Crippen LogP contribution in [0.15, 0.2) is 36.3 Å². The van der Waals surface area contributed by atoms with Gasteiger partial charge in [0.1, 0.15) is 12.4 Å². The van der Waals surface area contributed by atoms with Crippen LogP contribution < -0.4 is 14.2 Å². The first-order chi connectivity index (χ1) is 17.4. The molecule has 26 heavy (non-hydrogen) atoms. The summed E-state index contributed by atoms with van der Waals surface area (Å²) >= 11 is 0. The van der Waals surface area contributed by atoms with Crippen LogP contribution in [-0.4, -0.2) is 31.9 Å². The lowest BCUT2D eigenvalue weighted by Gasteiger charge is -2.13. The fraction of sp³-hybridized carbons (Fsp3) is 0.455. The summed E-state index contributed by atoms with van der Waals surface area (Å²) in [6.07, 6.45) is -0.0406. The molecule has 0 amide bonds. The summed E-state index contributed by atoms with van der Waals surface area (Å²) in [5.41, 5.74) is 0.990. The highest BCUT2D eigenvalue weighted by Crippen LogP contribution is 2.28. The zero-order chi connectivity index (χ0) is 29.2. The Morgan fingerprint density at radius 2 is 1.81 bits per heavy atom. The Kier molecular flexibility index (Phi) is 3.54. The molecule has 0 bridgehead atoms. The summed E-state index contributed by atoms with van der Waals surface area (Å²) in [5, 5.41) is 10.3. The maximum Gasteiger partial charge on any atom is 0.160 e. The van der Waals surface area contributed by atoms with E-state index in [1.54, 1.807) is 13.8 Å². The summed E-state index contributed by atoms with van der Waals surface area (Å²) in [6, 6.07) is -2.09. The van der Waals surface area contributed by atoms with E-state index in [4.69, 9.17) is 30.7 Å². The van der Waals surface area contributed by atoms with Crippen LogP contribution >= 0.6 is 0 Å². The molecule has 2 aromatic carbocycles. The minimum atomic E-state index is -3.07. The molecule has 1 atom stereocenters. The number of hydrogen-bond donors (Lipinski definition) is 1. The number of unbranched alkanes of at least 4 members (excludes halogenated alkanes) is 1. The molecule has 0 saturated heterocycles. The van der Waals surface area contributed by atoms with E-state index >= 15 is 0 Å². The number of methoxy groups -OCH3 is 2. The van der Waals surface area contributed by atoms with Gasteiger partial charge in [0.25, 0.3) is 0 Å². The molecule has 142 valence electrons. The van der Waals surface area contributed by atoms with Gasteiger partial charge in [-0.1, -0.05) is 18.5 Å². The predicted molar refractivity (Wildman–Crippen MR) is 105 cm³/mol. The van der Waals surface area contributed by atoms with E-state index in [1.165, 1.54) is 0 Å². The average molecular weight is 371 g/mol. The van der Waals surface area contributed by atoms with Gasteiger partial charge in [0.05, 0.1) is 36.6 Å². The Morgan fingerprint density at radius 1 is 1.00 bits per heavy atom. The van der Waals surface area contributed by atoms with Crippen molar-refractivity contribution in [2.45, 2.75) is 45.6 Å². The lowest BCUT2D eigenvalue weighted by molar-refractivity contribution is 0.0976. The fourth-order valence-electron chi connectivity index (χ4n) is 2.24. The molecule has 0 radical (unpaired) electrons. The molecule has 0 aliphatic heterocycles. The van der Waals surface area contributed by atoms with Crippen LogP contribution in [0.2, 0.25) is 0 Å². The zero-order valence-electron chi connectivity index (χ0n) is 26.8. The standard InChI is InChI=1S/C22H30O4/c1-16-9-11-20(13-17(16)2)26-15-19(23)8-6-5-7-18-10-12-21(24-3)22(14-18)25-4/h9-14,19,23H,5-8,15H2,1-4H3/i3D3,4D3,9D,10D,11D,12D,13D,14D. The first-order valence-electron chi connectivity index (χ1n) is 14.2.